The van der Waals surface area contributed by atoms with Gasteiger partial charge < -0.3 is 5.32 Å². The smallest absolute Gasteiger partial charge is 0.0944 e. The number of hydrogen-bond donors (Lipinski definition) is 1. The zero-order valence-electron chi connectivity index (χ0n) is 10.6. The van der Waals surface area contributed by atoms with Crippen molar-refractivity contribution in [3.63, 3.8) is 0 Å². The van der Waals surface area contributed by atoms with Crippen LogP contribution in [0.25, 0.3) is 0 Å². The summed E-state index contributed by atoms with van der Waals surface area (Å²) in [6.07, 6.45) is 5.28. The van der Waals surface area contributed by atoms with Crippen LogP contribution < -0.4 is 5.32 Å². The Bertz CT molecular complexity index is 517. The number of thiazole rings is 1. The zero-order chi connectivity index (χ0) is 13.7. The molecule has 2 aromatic rings. The van der Waals surface area contributed by atoms with Gasteiger partial charge in [-0.3, -0.25) is 4.98 Å². The molecule has 0 amide bonds. The first kappa shape index (κ1) is 14.7. The molecule has 1 unspecified atom stereocenters. The molecule has 0 aliphatic heterocycles. The fraction of sp³-hybridized carbons (Fsp3) is 0.385. The van der Waals surface area contributed by atoms with Gasteiger partial charge in [-0.15, -0.1) is 11.3 Å². The number of pyridine rings is 1. The largest absolute Gasteiger partial charge is 0.308 e. The molecule has 1 atom stereocenters. The summed E-state index contributed by atoms with van der Waals surface area (Å²) in [7, 11) is 0. The van der Waals surface area contributed by atoms with Crippen molar-refractivity contribution in [2.75, 3.05) is 6.54 Å². The Morgan fingerprint density at radius 1 is 1.37 bits per heavy atom. The Labute approximate surface area is 127 Å². The summed E-state index contributed by atoms with van der Waals surface area (Å²) in [5.41, 5.74) is 0.828. The van der Waals surface area contributed by atoms with Crippen LogP contribution in [0.1, 0.15) is 30.1 Å². The lowest BCUT2D eigenvalue weighted by molar-refractivity contribution is 0.517. The van der Waals surface area contributed by atoms with Crippen molar-refractivity contribution >= 4 is 34.5 Å². The molecule has 2 aromatic heterocycles. The number of nitrogens with zero attached hydrogens (tertiary/aromatic N) is 2. The predicted octanol–water partition coefficient (Wildman–Crippen LogP) is 4.13. The van der Waals surface area contributed by atoms with Crippen molar-refractivity contribution in [2.45, 2.75) is 25.8 Å². The monoisotopic (exact) mass is 315 g/mol. The SMILES string of the molecule is CCCNC(Cc1nccs1)c1ncc(Cl)cc1Cl. The van der Waals surface area contributed by atoms with Crippen molar-refractivity contribution < 1.29 is 0 Å². The molecular formula is C13H15Cl2N3S. The van der Waals surface area contributed by atoms with Crippen molar-refractivity contribution in [1.29, 1.82) is 0 Å². The van der Waals surface area contributed by atoms with Crippen molar-refractivity contribution in [1.82, 2.24) is 15.3 Å². The predicted molar refractivity (Wildman–Crippen MR) is 81.1 cm³/mol. The standard InChI is InChI=1S/C13H15Cl2N3S/c1-2-3-16-11(7-12-17-4-5-19-12)13-10(15)6-9(14)8-18-13/h4-6,8,11,16H,2-3,7H2,1H3. The van der Waals surface area contributed by atoms with E-state index in [-0.39, 0.29) is 6.04 Å². The van der Waals surface area contributed by atoms with Crippen LogP contribution >= 0.6 is 34.5 Å². The molecule has 0 bridgehead atoms. The minimum absolute atomic E-state index is 0.0656. The lowest BCUT2D eigenvalue weighted by Crippen LogP contribution is -2.25. The molecule has 3 nitrogen and oxygen atoms in total. The van der Waals surface area contributed by atoms with Crippen LogP contribution in [0, 0.1) is 0 Å². The highest BCUT2D eigenvalue weighted by atomic mass is 35.5. The molecule has 1 N–H and O–H groups in total. The fourth-order valence-corrected chi connectivity index (χ4v) is 2.97. The van der Waals surface area contributed by atoms with Crippen LogP contribution in [-0.4, -0.2) is 16.5 Å². The summed E-state index contributed by atoms with van der Waals surface area (Å²) in [6, 6.07) is 1.80. The summed E-state index contributed by atoms with van der Waals surface area (Å²) in [5, 5.41) is 7.66. The third kappa shape index (κ3) is 4.14. The van der Waals surface area contributed by atoms with Crippen molar-refractivity contribution in [3.05, 3.63) is 44.6 Å². The highest BCUT2D eigenvalue weighted by Gasteiger charge is 2.17. The van der Waals surface area contributed by atoms with Gasteiger partial charge in [0.1, 0.15) is 0 Å². The van der Waals surface area contributed by atoms with Gasteiger partial charge >= 0.3 is 0 Å². The molecule has 0 aromatic carbocycles. The molecule has 0 aliphatic carbocycles. The molecule has 0 spiro atoms. The van der Waals surface area contributed by atoms with E-state index < -0.39 is 0 Å². The molecular weight excluding hydrogens is 301 g/mol. The summed E-state index contributed by atoms with van der Waals surface area (Å²) in [5.74, 6) is 0. The van der Waals surface area contributed by atoms with Crippen LogP contribution in [0.2, 0.25) is 10.0 Å². The molecule has 2 heterocycles. The maximum atomic E-state index is 6.24. The average molecular weight is 316 g/mol. The van der Waals surface area contributed by atoms with Gasteiger partial charge in [0.25, 0.3) is 0 Å². The Hall–Kier alpha value is -0.680. The average Bonchev–Trinajstić information content (AvgIpc) is 2.88. The first-order valence-corrected chi connectivity index (χ1v) is 7.77. The Morgan fingerprint density at radius 2 is 2.21 bits per heavy atom. The highest BCUT2D eigenvalue weighted by molar-refractivity contribution is 7.09. The number of halogens is 2. The number of rotatable bonds is 6. The third-order valence-corrected chi connectivity index (χ3v) is 3.98. The Balaban J connectivity index is 2.20. The minimum Gasteiger partial charge on any atom is -0.308 e. The van der Waals surface area contributed by atoms with Gasteiger partial charge in [-0.2, -0.15) is 0 Å². The van der Waals surface area contributed by atoms with Crippen molar-refractivity contribution in [2.24, 2.45) is 0 Å². The summed E-state index contributed by atoms with van der Waals surface area (Å²) in [4.78, 5) is 8.68. The van der Waals surface area contributed by atoms with Gasteiger partial charge in [0.15, 0.2) is 0 Å². The van der Waals surface area contributed by atoms with E-state index in [1.54, 1.807) is 23.6 Å². The molecule has 6 heteroatoms. The van der Waals surface area contributed by atoms with Crippen LogP contribution in [-0.2, 0) is 6.42 Å². The van der Waals surface area contributed by atoms with Crippen LogP contribution in [0.5, 0.6) is 0 Å². The molecule has 0 saturated carbocycles. The van der Waals surface area contributed by atoms with Gasteiger partial charge in [-0.05, 0) is 19.0 Å². The Morgan fingerprint density at radius 3 is 2.84 bits per heavy atom. The van der Waals surface area contributed by atoms with Crippen LogP contribution in [0.15, 0.2) is 23.8 Å². The van der Waals surface area contributed by atoms with Gasteiger partial charge in [0.05, 0.1) is 26.8 Å². The van der Waals surface area contributed by atoms with E-state index in [2.05, 4.69) is 22.2 Å². The quantitative estimate of drug-likeness (QED) is 0.871. The first-order valence-electron chi connectivity index (χ1n) is 6.13. The number of nitrogens with one attached hydrogen (secondary N) is 1. The van der Waals surface area contributed by atoms with E-state index in [4.69, 9.17) is 23.2 Å². The Kier molecular flexibility index (Phi) is 5.58. The van der Waals surface area contributed by atoms with Gasteiger partial charge in [0.2, 0.25) is 0 Å². The first-order chi connectivity index (χ1) is 9.20. The lowest BCUT2D eigenvalue weighted by atomic mass is 10.1. The second-order valence-electron chi connectivity index (χ2n) is 4.16. The fourth-order valence-electron chi connectivity index (χ4n) is 1.79. The molecule has 19 heavy (non-hydrogen) atoms. The van der Waals surface area contributed by atoms with Crippen LogP contribution in [0.4, 0.5) is 0 Å². The van der Waals surface area contributed by atoms with Crippen LogP contribution in [0.3, 0.4) is 0 Å². The van der Waals surface area contributed by atoms with E-state index in [0.29, 0.717) is 10.0 Å². The molecule has 0 saturated heterocycles. The topological polar surface area (TPSA) is 37.8 Å². The summed E-state index contributed by atoms with van der Waals surface area (Å²) >= 11 is 13.8. The minimum atomic E-state index is 0.0656. The molecule has 102 valence electrons. The second kappa shape index (κ2) is 7.20. The van der Waals surface area contributed by atoms with Crippen molar-refractivity contribution in [3.8, 4) is 0 Å². The van der Waals surface area contributed by atoms with Gasteiger partial charge in [0, 0.05) is 24.2 Å². The van der Waals surface area contributed by atoms with E-state index >= 15 is 0 Å². The third-order valence-electron chi connectivity index (χ3n) is 2.67. The number of hydrogen-bond acceptors (Lipinski definition) is 4. The van der Waals surface area contributed by atoms with Gasteiger partial charge in [-0.25, -0.2) is 4.98 Å². The van der Waals surface area contributed by atoms with E-state index in [9.17, 15) is 0 Å². The number of aromatic nitrogens is 2. The molecule has 0 aliphatic rings. The molecule has 0 fully saturated rings. The normalized spacial score (nSPS) is 12.6. The molecule has 0 radical (unpaired) electrons. The van der Waals surface area contributed by atoms with E-state index in [0.717, 1.165) is 30.1 Å². The summed E-state index contributed by atoms with van der Waals surface area (Å²) < 4.78 is 0. The van der Waals surface area contributed by atoms with Gasteiger partial charge in [-0.1, -0.05) is 30.1 Å². The second-order valence-corrected chi connectivity index (χ2v) is 5.98. The maximum absolute atomic E-state index is 6.24. The summed E-state index contributed by atoms with van der Waals surface area (Å²) in [6.45, 7) is 3.04. The maximum Gasteiger partial charge on any atom is 0.0944 e. The highest BCUT2D eigenvalue weighted by Crippen LogP contribution is 2.26. The van der Waals surface area contributed by atoms with E-state index in [1.807, 2.05) is 11.6 Å². The zero-order valence-corrected chi connectivity index (χ0v) is 12.9. The molecule has 2 rings (SSSR count). The lowest BCUT2D eigenvalue weighted by Gasteiger charge is -2.18. The van der Waals surface area contributed by atoms with E-state index in [1.165, 1.54) is 0 Å².